The average Bonchev–Trinajstić information content (AvgIpc) is 3.18. The molecule has 2 nitrogen and oxygen atoms in total. The van der Waals surface area contributed by atoms with Gasteiger partial charge in [0.25, 0.3) is 0 Å². The Morgan fingerprint density at radius 1 is 1.00 bits per heavy atom. The van der Waals surface area contributed by atoms with Gasteiger partial charge in [0, 0.05) is 0 Å². The molecule has 1 aromatic rings. The second-order valence-electron chi connectivity index (χ2n) is 5.35. The highest BCUT2D eigenvalue weighted by Gasteiger charge is 2.23. The molecule has 1 unspecified atom stereocenters. The molecule has 2 aliphatic carbocycles. The monoisotopic (exact) mass is 244 g/mol. The molecule has 0 spiro atoms. The lowest BCUT2D eigenvalue weighted by atomic mass is 10.0. The smallest absolute Gasteiger partial charge is 0.119 e. The van der Waals surface area contributed by atoms with Gasteiger partial charge >= 0.3 is 0 Å². The molecular weight excluding hydrogens is 224 g/mol. The van der Waals surface area contributed by atoms with Gasteiger partial charge in [-0.3, -0.25) is 0 Å². The summed E-state index contributed by atoms with van der Waals surface area (Å²) < 4.78 is 5.74. The molecule has 3 rings (SSSR count). The maximum Gasteiger partial charge on any atom is 0.119 e. The van der Waals surface area contributed by atoms with E-state index in [1.165, 1.54) is 30.4 Å². The molecule has 0 bridgehead atoms. The molecule has 96 valence electrons. The van der Waals surface area contributed by atoms with Crippen LogP contribution in [-0.4, -0.2) is 17.3 Å². The maximum atomic E-state index is 9.80. The Hall–Kier alpha value is -1.28. The average molecular weight is 244 g/mol. The van der Waals surface area contributed by atoms with E-state index >= 15 is 0 Å². The van der Waals surface area contributed by atoms with Crippen molar-refractivity contribution in [2.75, 3.05) is 0 Å². The summed E-state index contributed by atoms with van der Waals surface area (Å²) >= 11 is 0. The predicted molar refractivity (Wildman–Crippen MR) is 72.5 cm³/mol. The normalized spacial score (nSPS) is 24.3. The Kier molecular flexibility index (Phi) is 3.37. The number of rotatable bonds is 3. The number of aliphatic hydroxyl groups is 1. The van der Waals surface area contributed by atoms with E-state index in [9.17, 15) is 5.11 Å². The quantitative estimate of drug-likeness (QED) is 0.881. The van der Waals surface area contributed by atoms with Crippen LogP contribution in [0.5, 0.6) is 5.75 Å². The molecule has 0 radical (unpaired) electrons. The number of aliphatic hydroxyl groups excluding tert-OH is 1. The van der Waals surface area contributed by atoms with Crippen molar-refractivity contribution in [3.05, 3.63) is 35.9 Å². The van der Waals surface area contributed by atoms with Gasteiger partial charge in [-0.15, -0.1) is 0 Å². The molecule has 0 heterocycles. The molecule has 2 heteroatoms. The summed E-state index contributed by atoms with van der Waals surface area (Å²) in [6.07, 6.45) is 8.83. The molecule has 18 heavy (non-hydrogen) atoms. The minimum Gasteiger partial charge on any atom is -0.490 e. The highest BCUT2D eigenvalue weighted by Crippen LogP contribution is 2.30. The zero-order chi connectivity index (χ0) is 12.4. The van der Waals surface area contributed by atoms with Gasteiger partial charge in [-0.25, -0.2) is 0 Å². The molecule has 1 saturated carbocycles. The van der Waals surface area contributed by atoms with E-state index in [0.717, 1.165) is 25.0 Å². The standard InChI is InChI=1S/C16H20O2/c17-14-4-2-1-3-13(11-14)12-5-7-15(8-6-12)18-16-9-10-16/h5-8,11,14,16-17H,1-4,9-10H2. The number of hydrogen-bond donors (Lipinski definition) is 1. The van der Waals surface area contributed by atoms with Crippen molar-refractivity contribution in [2.24, 2.45) is 0 Å². The summed E-state index contributed by atoms with van der Waals surface area (Å²) in [6, 6.07) is 8.32. The van der Waals surface area contributed by atoms with Crippen molar-refractivity contribution in [1.29, 1.82) is 0 Å². The van der Waals surface area contributed by atoms with Gasteiger partial charge in [0.2, 0.25) is 0 Å². The van der Waals surface area contributed by atoms with E-state index in [1.54, 1.807) is 0 Å². The highest BCUT2D eigenvalue weighted by atomic mass is 16.5. The lowest BCUT2D eigenvalue weighted by molar-refractivity contribution is 0.211. The largest absolute Gasteiger partial charge is 0.490 e. The van der Waals surface area contributed by atoms with Crippen molar-refractivity contribution in [2.45, 2.75) is 50.7 Å². The lowest BCUT2D eigenvalue weighted by Gasteiger charge is -2.09. The first kappa shape index (κ1) is 11.8. The molecule has 0 aromatic heterocycles. The van der Waals surface area contributed by atoms with Crippen LogP contribution in [0.2, 0.25) is 0 Å². The molecule has 1 fully saturated rings. The van der Waals surface area contributed by atoms with Crippen molar-refractivity contribution in [3.8, 4) is 5.75 Å². The summed E-state index contributed by atoms with van der Waals surface area (Å²) in [5, 5.41) is 9.80. The number of hydrogen-bond acceptors (Lipinski definition) is 2. The Labute approximate surface area is 108 Å². The van der Waals surface area contributed by atoms with Gasteiger partial charge in [-0.2, -0.15) is 0 Å². The molecular formula is C16H20O2. The Bertz CT molecular complexity index is 429. The van der Waals surface area contributed by atoms with Crippen molar-refractivity contribution in [1.82, 2.24) is 0 Å². The van der Waals surface area contributed by atoms with Gasteiger partial charge in [0.1, 0.15) is 5.75 Å². The van der Waals surface area contributed by atoms with E-state index < -0.39 is 0 Å². The first-order valence-electron chi connectivity index (χ1n) is 6.97. The Morgan fingerprint density at radius 3 is 2.50 bits per heavy atom. The van der Waals surface area contributed by atoms with Gasteiger partial charge < -0.3 is 9.84 Å². The molecule has 1 N–H and O–H groups in total. The second-order valence-corrected chi connectivity index (χ2v) is 5.35. The van der Waals surface area contributed by atoms with Crippen molar-refractivity contribution < 1.29 is 9.84 Å². The fourth-order valence-corrected chi connectivity index (χ4v) is 2.43. The summed E-state index contributed by atoms with van der Waals surface area (Å²) in [6.45, 7) is 0. The van der Waals surface area contributed by atoms with Crippen molar-refractivity contribution >= 4 is 5.57 Å². The van der Waals surface area contributed by atoms with Crippen LogP contribution in [0, 0.1) is 0 Å². The van der Waals surface area contributed by atoms with E-state index in [1.807, 2.05) is 18.2 Å². The molecule has 1 atom stereocenters. The fraction of sp³-hybridized carbons (Fsp3) is 0.500. The van der Waals surface area contributed by atoms with Gasteiger partial charge in [-0.05, 0) is 55.4 Å². The van der Waals surface area contributed by atoms with Crippen LogP contribution in [0.15, 0.2) is 30.3 Å². The highest BCUT2D eigenvalue weighted by molar-refractivity contribution is 5.66. The lowest BCUT2D eigenvalue weighted by Crippen LogP contribution is -2.00. The molecule has 1 aromatic carbocycles. The van der Waals surface area contributed by atoms with Gasteiger partial charge in [0.05, 0.1) is 12.2 Å². The van der Waals surface area contributed by atoms with Crippen LogP contribution < -0.4 is 4.74 Å². The minimum absolute atomic E-state index is 0.273. The molecule has 0 saturated heterocycles. The minimum atomic E-state index is -0.273. The zero-order valence-electron chi connectivity index (χ0n) is 10.6. The molecule has 0 aliphatic heterocycles. The maximum absolute atomic E-state index is 9.80. The summed E-state index contributed by atoms with van der Waals surface area (Å²) in [5.41, 5.74) is 2.50. The topological polar surface area (TPSA) is 29.5 Å². The summed E-state index contributed by atoms with van der Waals surface area (Å²) in [7, 11) is 0. The van der Waals surface area contributed by atoms with Crippen LogP contribution in [0.4, 0.5) is 0 Å². The summed E-state index contributed by atoms with van der Waals surface area (Å²) in [5.74, 6) is 0.969. The van der Waals surface area contributed by atoms with E-state index in [-0.39, 0.29) is 6.10 Å². The second kappa shape index (κ2) is 5.15. The van der Waals surface area contributed by atoms with Crippen LogP contribution in [-0.2, 0) is 0 Å². The van der Waals surface area contributed by atoms with Crippen LogP contribution in [0.25, 0.3) is 5.57 Å². The van der Waals surface area contributed by atoms with Gasteiger partial charge in [-0.1, -0.05) is 24.6 Å². The Balaban J connectivity index is 1.74. The first-order valence-corrected chi connectivity index (χ1v) is 6.97. The van der Waals surface area contributed by atoms with Gasteiger partial charge in [0.15, 0.2) is 0 Å². The zero-order valence-corrected chi connectivity index (χ0v) is 10.6. The third kappa shape index (κ3) is 2.94. The van der Waals surface area contributed by atoms with Crippen molar-refractivity contribution in [3.63, 3.8) is 0 Å². The molecule has 2 aliphatic rings. The third-order valence-corrected chi connectivity index (χ3v) is 3.64. The first-order chi connectivity index (χ1) is 8.81. The summed E-state index contributed by atoms with van der Waals surface area (Å²) in [4.78, 5) is 0. The van der Waals surface area contributed by atoms with E-state index in [0.29, 0.717) is 6.10 Å². The number of allylic oxidation sites excluding steroid dienone is 1. The number of benzene rings is 1. The SMILES string of the molecule is OC1C=C(c2ccc(OC3CC3)cc2)CCCC1. The molecule has 0 amide bonds. The van der Waals surface area contributed by atoms with E-state index in [2.05, 4.69) is 12.1 Å². The Morgan fingerprint density at radius 2 is 1.78 bits per heavy atom. The van der Waals surface area contributed by atoms with Crippen LogP contribution in [0.3, 0.4) is 0 Å². The third-order valence-electron chi connectivity index (χ3n) is 3.64. The van der Waals surface area contributed by atoms with E-state index in [4.69, 9.17) is 4.74 Å². The number of ether oxygens (including phenoxy) is 1. The van der Waals surface area contributed by atoms with Crippen LogP contribution >= 0.6 is 0 Å². The van der Waals surface area contributed by atoms with Crippen LogP contribution in [0.1, 0.15) is 44.1 Å². The fourth-order valence-electron chi connectivity index (χ4n) is 2.43. The predicted octanol–water partition coefficient (Wildman–Crippen LogP) is 3.55.